The minimum atomic E-state index is 0. The van der Waals surface area contributed by atoms with Crippen molar-refractivity contribution in [3.63, 3.8) is 0 Å². The molecule has 3 heterocycles. The summed E-state index contributed by atoms with van der Waals surface area (Å²) in [5.41, 5.74) is 1.18. The second kappa shape index (κ2) is 10.3. The molecule has 1 fully saturated rings. The van der Waals surface area contributed by atoms with Crippen molar-refractivity contribution < 1.29 is 0 Å². The van der Waals surface area contributed by atoms with Gasteiger partial charge in [-0.2, -0.15) is 5.10 Å². The van der Waals surface area contributed by atoms with Crippen LogP contribution in [0.4, 0.5) is 5.95 Å². The maximum Gasteiger partial charge on any atom is 0.225 e. The Morgan fingerprint density at radius 1 is 1.19 bits per heavy atom. The molecule has 0 aliphatic carbocycles. The number of aromatic nitrogens is 4. The summed E-state index contributed by atoms with van der Waals surface area (Å²) >= 11 is 0. The fourth-order valence-electron chi connectivity index (χ4n) is 2.85. The van der Waals surface area contributed by atoms with Gasteiger partial charge in [0.1, 0.15) is 0 Å². The number of rotatable bonds is 5. The van der Waals surface area contributed by atoms with E-state index in [0.717, 1.165) is 51.2 Å². The summed E-state index contributed by atoms with van der Waals surface area (Å²) < 4.78 is 1.94. The Balaban J connectivity index is 0.00000243. The van der Waals surface area contributed by atoms with Crippen molar-refractivity contribution >= 4 is 35.9 Å². The Hall–Kier alpha value is -1.91. The molecule has 0 amide bonds. The van der Waals surface area contributed by atoms with Gasteiger partial charge in [0.05, 0.1) is 19.3 Å². The molecular formula is C17H27IN8. The third kappa shape index (κ3) is 5.55. The average Bonchev–Trinajstić information content (AvgIpc) is 3.07. The van der Waals surface area contributed by atoms with Crippen LogP contribution in [0.15, 0.2) is 35.8 Å². The average molecular weight is 470 g/mol. The predicted molar refractivity (Wildman–Crippen MR) is 114 cm³/mol. The van der Waals surface area contributed by atoms with Crippen molar-refractivity contribution in [1.29, 1.82) is 0 Å². The van der Waals surface area contributed by atoms with Gasteiger partial charge in [0.2, 0.25) is 5.95 Å². The molecule has 1 aliphatic heterocycles. The Bertz CT molecular complexity index is 679. The summed E-state index contributed by atoms with van der Waals surface area (Å²) in [6.07, 6.45) is 7.50. The highest BCUT2D eigenvalue weighted by Crippen LogP contribution is 2.09. The van der Waals surface area contributed by atoms with Gasteiger partial charge in [0.15, 0.2) is 5.96 Å². The van der Waals surface area contributed by atoms with Crippen LogP contribution in [0.3, 0.4) is 0 Å². The summed E-state index contributed by atoms with van der Waals surface area (Å²) in [4.78, 5) is 17.9. The zero-order valence-electron chi connectivity index (χ0n) is 15.4. The first-order valence-electron chi connectivity index (χ1n) is 8.80. The van der Waals surface area contributed by atoms with E-state index in [-0.39, 0.29) is 24.0 Å². The van der Waals surface area contributed by atoms with Gasteiger partial charge in [-0.25, -0.2) is 9.97 Å². The summed E-state index contributed by atoms with van der Waals surface area (Å²) in [6, 6.07) is 1.84. The fraction of sp³-hybridized carbons (Fsp3) is 0.529. The molecule has 0 saturated carbocycles. The van der Waals surface area contributed by atoms with Crippen LogP contribution in [0, 0.1) is 6.92 Å². The molecule has 1 saturated heterocycles. The Morgan fingerprint density at radius 3 is 2.54 bits per heavy atom. The van der Waals surface area contributed by atoms with Crippen molar-refractivity contribution in [1.82, 2.24) is 30.0 Å². The second-order valence-corrected chi connectivity index (χ2v) is 6.04. The van der Waals surface area contributed by atoms with Crippen LogP contribution in [-0.2, 0) is 6.54 Å². The molecule has 3 rings (SSSR count). The molecule has 2 aromatic rings. The molecule has 0 unspecified atom stereocenters. The van der Waals surface area contributed by atoms with Crippen molar-refractivity contribution in [2.75, 3.05) is 44.2 Å². The number of guanidine groups is 1. The lowest BCUT2D eigenvalue weighted by molar-refractivity contribution is 0.369. The monoisotopic (exact) mass is 470 g/mol. The van der Waals surface area contributed by atoms with E-state index in [0.29, 0.717) is 6.54 Å². The third-order valence-corrected chi connectivity index (χ3v) is 4.10. The first-order valence-corrected chi connectivity index (χ1v) is 8.80. The van der Waals surface area contributed by atoms with Gasteiger partial charge in [-0.1, -0.05) is 0 Å². The van der Waals surface area contributed by atoms with E-state index < -0.39 is 0 Å². The van der Waals surface area contributed by atoms with Crippen LogP contribution in [0.1, 0.15) is 12.5 Å². The molecule has 26 heavy (non-hydrogen) atoms. The van der Waals surface area contributed by atoms with Crippen molar-refractivity contribution in [3.05, 3.63) is 36.4 Å². The Kier molecular flexibility index (Phi) is 8.07. The summed E-state index contributed by atoms with van der Waals surface area (Å²) in [5, 5.41) is 7.70. The summed E-state index contributed by atoms with van der Waals surface area (Å²) in [5.74, 6) is 1.78. The first kappa shape index (κ1) is 20.4. The molecule has 0 bridgehead atoms. The number of aliphatic imine (C=N–C) groups is 1. The van der Waals surface area contributed by atoms with E-state index in [9.17, 15) is 0 Å². The normalized spacial score (nSPS) is 14.9. The molecule has 2 aromatic heterocycles. The van der Waals surface area contributed by atoms with Crippen LogP contribution in [0.2, 0.25) is 0 Å². The number of hydrogen-bond donors (Lipinski definition) is 1. The second-order valence-electron chi connectivity index (χ2n) is 6.04. The maximum atomic E-state index is 4.76. The SMILES string of the molecule is CCNC(=NCCn1cc(C)cn1)N1CCN(c2ncccn2)CC1.I. The van der Waals surface area contributed by atoms with Gasteiger partial charge in [0, 0.05) is 51.3 Å². The number of halogens is 1. The smallest absolute Gasteiger partial charge is 0.225 e. The van der Waals surface area contributed by atoms with Gasteiger partial charge in [0.25, 0.3) is 0 Å². The molecule has 0 spiro atoms. The summed E-state index contributed by atoms with van der Waals surface area (Å²) in [6.45, 7) is 10.1. The van der Waals surface area contributed by atoms with Crippen molar-refractivity contribution in [2.24, 2.45) is 4.99 Å². The van der Waals surface area contributed by atoms with Crippen LogP contribution >= 0.6 is 24.0 Å². The largest absolute Gasteiger partial charge is 0.357 e. The molecule has 9 heteroatoms. The minimum Gasteiger partial charge on any atom is -0.357 e. The number of nitrogens with zero attached hydrogens (tertiary/aromatic N) is 7. The van der Waals surface area contributed by atoms with Crippen molar-refractivity contribution in [2.45, 2.75) is 20.4 Å². The minimum absolute atomic E-state index is 0. The Labute approximate surface area is 171 Å². The molecular weight excluding hydrogens is 443 g/mol. The van der Waals surface area contributed by atoms with E-state index in [1.165, 1.54) is 5.56 Å². The number of hydrogen-bond acceptors (Lipinski definition) is 5. The van der Waals surface area contributed by atoms with E-state index in [1.54, 1.807) is 12.4 Å². The van der Waals surface area contributed by atoms with Gasteiger partial charge < -0.3 is 15.1 Å². The molecule has 1 aliphatic rings. The molecule has 1 N–H and O–H groups in total. The van der Waals surface area contributed by atoms with E-state index in [1.807, 2.05) is 30.1 Å². The lowest BCUT2D eigenvalue weighted by Gasteiger charge is -2.36. The zero-order chi connectivity index (χ0) is 17.5. The molecule has 8 nitrogen and oxygen atoms in total. The van der Waals surface area contributed by atoms with Crippen molar-refractivity contribution in [3.8, 4) is 0 Å². The molecule has 142 valence electrons. The lowest BCUT2D eigenvalue weighted by Crippen LogP contribution is -2.53. The van der Waals surface area contributed by atoms with Gasteiger partial charge in [-0.15, -0.1) is 24.0 Å². The van der Waals surface area contributed by atoms with Gasteiger partial charge >= 0.3 is 0 Å². The maximum absolute atomic E-state index is 4.76. The highest BCUT2D eigenvalue weighted by Gasteiger charge is 2.20. The number of piperazine rings is 1. The quantitative estimate of drug-likeness (QED) is 0.405. The van der Waals surface area contributed by atoms with E-state index in [4.69, 9.17) is 4.99 Å². The molecule has 0 atom stereocenters. The van der Waals surface area contributed by atoms with Crippen LogP contribution in [0.25, 0.3) is 0 Å². The standard InChI is InChI=1S/C17H26N8.HI/c1-3-18-16(21-7-8-25-14-15(2)13-22-25)23-9-11-24(12-10-23)17-19-5-4-6-20-17;/h4-6,13-14H,3,7-12H2,1-2H3,(H,18,21);1H. The van der Waals surface area contributed by atoms with Crippen LogP contribution in [-0.4, -0.2) is 69.9 Å². The van der Waals surface area contributed by atoms with Gasteiger partial charge in [-0.05, 0) is 25.5 Å². The van der Waals surface area contributed by atoms with Crippen LogP contribution < -0.4 is 10.2 Å². The summed E-state index contributed by atoms with van der Waals surface area (Å²) in [7, 11) is 0. The molecule has 0 aromatic carbocycles. The number of nitrogens with one attached hydrogen (secondary N) is 1. The fourth-order valence-corrected chi connectivity index (χ4v) is 2.85. The van der Waals surface area contributed by atoms with E-state index >= 15 is 0 Å². The topological polar surface area (TPSA) is 74.5 Å². The number of aryl methyl sites for hydroxylation is 1. The van der Waals surface area contributed by atoms with Crippen LogP contribution in [0.5, 0.6) is 0 Å². The number of anilines is 1. The highest BCUT2D eigenvalue weighted by molar-refractivity contribution is 14.0. The first-order chi connectivity index (χ1) is 12.3. The predicted octanol–water partition coefficient (Wildman–Crippen LogP) is 1.39. The lowest BCUT2D eigenvalue weighted by atomic mass is 10.3. The third-order valence-electron chi connectivity index (χ3n) is 4.10. The molecule has 0 radical (unpaired) electrons. The van der Waals surface area contributed by atoms with Gasteiger partial charge in [-0.3, -0.25) is 9.67 Å². The highest BCUT2D eigenvalue weighted by atomic mass is 127. The van der Waals surface area contributed by atoms with E-state index in [2.05, 4.69) is 37.1 Å². The zero-order valence-corrected chi connectivity index (χ0v) is 17.7. The Morgan fingerprint density at radius 2 is 1.92 bits per heavy atom.